The Morgan fingerprint density at radius 1 is 1.06 bits per heavy atom. The fourth-order valence-electron chi connectivity index (χ4n) is 3.53. The van der Waals surface area contributed by atoms with E-state index in [1.54, 1.807) is 24.3 Å². The number of halogens is 3. The van der Waals surface area contributed by atoms with E-state index in [1.807, 2.05) is 0 Å². The molecule has 34 heavy (non-hydrogen) atoms. The van der Waals surface area contributed by atoms with Crippen LogP contribution in [0.3, 0.4) is 0 Å². The van der Waals surface area contributed by atoms with Crippen molar-refractivity contribution < 1.29 is 27.4 Å². The number of nitrogens with zero attached hydrogens (tertiary/aromatic N) is 3. The number of ether oxygens (including phenoxy) is 2. The molecular formula is C24H24F3N3O3S. The minimum Gasteiger partial charge on any atom is -0.493 e. The number of aliphatic imine (C=N–C) groups is 1. The van der Waals surface area contributed by atoms with Crippen LogP contribution >= 0.6 is 11.8 Å². The van der Waals surface area contributed by atoms with Gasteiger partial charge in [-0.3, -0.25) is 4.79 Å². The Morgan fingerprint density at radius 3 is 2.41 bits per heavy atom. The van der Waals surface area contributed by atoms with Crippen LogP contribution < -0.4 is 9.47 Å². The number of thioether (sulfide) groups is 1. The molecule has 180 valence electrons. The Balaban J connectivity index is 1.41. The van der Waals surface area contributed by atoms with Gasteiger partial charge in [0.05, 0.1) is 17.6 Å². The van der Waals surface area contributed by atoms with E-state index in [1.165, 1.54) is 31.0 Å². The molecule has 0 radical (unpaired) electrons. The van der Waals surface area contributed by atoms with E-state index in [-0.39, 0.29) is 12.5 Å². The Labute approximate surface area is 200 Å². The largest absolute Gasteiger partial charge is 0.493 e. The van der Waals surface area contributed by atoms with Gasteiger partial charge in [0.2, 0.25) is 0 Å². The van der Waals surface area contributed by atoms with Crippen molar-refractivity contribution in [3.8, 4) is 11.5 Å². The number of methoxy groups -OCH3 is 1. The second kappa shape index (κ2) is 10.1. The summed E-state index contributed by atoms with van der Waals surface area (Å²) < 4.78 is 49.3. The maximum atomic E-state index is 12.7. The zero-order chi connectivity index (χ0) is 24.3. The van der Waals surface area contributed by atoms with Crippen molar-refractivity contribution in [1.29, 1.82) is 0 Å². The lowest BCUT2D eigenvalue weighted by Gasteiger charge is -2.32. The summed E-state index contributed by atoms with van der Waals surface area (Å²) in [7, 11) is 3.57. The molecule has 2 aromatic rings. The van der Waals surface area contributed by atoms with Gasteiger partial charge in [0.25, 0.3) is 5.91 Å². The second-order valence-electron chi connectivity index (χ2n) is 7.99. The van der Waals surface area contributed by atoms with Gasteiger partial charge in [0.15, 0.2) is 16.7 Å². The number of benzene rings is 2. The first-order valence-corrected chi connectivity index (χ1v) is 11.5. The molecule has 0 atom stereocenters. The topological polar surface area (TPSA) is 54.4 Å². The number of carbonyl (C=O) groups is 1. The van der Waals surface area contributed by atoms with Crippen LogP contribution in [0.5, 0.6) is 11.5 Å². The molecule has 4 rings (SSSR count). The van der Waals surface area contributed by atoms with E-state index >= 15 is 0 Å². The van der Waals surface area contributed by atoms with Crippen molar-refractivity contribution in [2.45, 2.75) is 12.8 Å². The highest BCUT2D eigenvalue weighted by molar-refractivity contribution is 8.18. The number of hydrogen-bond donors (Lipinski definition) is 0. The Morgan fingerprint density at radius 2 is 1.76 bits per heavy atom. The van der Waals surface area contributed by atoms with E-state index in [2.05, 4.69) is 21.8 Å². The fraction of sp³-hybridized carbons (Fsp3) is 0.333. The molecule has 10 heteroatoms. The number of alkyl halides is 3. The SMILES string of the molecule is COc1cc(/C=C2/SC(N3CCN(C)CC3)=NC2=O)ccc1OCc1ccc(C(F)(F)F)cc1. The predicted molar refractivity (Wildman–Crippen MR) is 126 cm³/mol. The molecule has 0 unspecified atom stereocenters. The molecular weight excluding hydrogens is 467 g/mol. The van der Waals surface area contributed by atoms with E-state index in [0.717, 1.165) is 49.0 Å². The third-order valence-corrected chi connectivity index (χ3v) is 6.59. The van der Waals surface area contributed by atoms with Crippen LogP contribution in [0.25, 0.3) is 6.08 Å². The molecule has 2 aliphatic rings. The molecule has 2 aliphatic heterocycles. The van der Waals surface area contributed by atoms with Crippen molar-refractivity contribution in [2.24, 2.45) is 4.99 Å². The average Bonchev–Trinajstić information content (AvgIpc) is 3.18. The second-order valence-corrected chi connectivity index (χ2v) is 9.00. The van der Waals surface area contributed by atoms with Gasteiger partial charge in [-0.2, -0.15) is 18.2 Å². The highest BCUT2D eigenvalue weighted by atomic mass is 32.2. The van der Waals surface area contributed by atoms with Gasteiger partial charge >= 0.3 is 6.18 Å². The summed E-state index contributed by atoms with van der Waals surface area (Å²) >= 11 is 1.37. The van der Waals surface area contributed by atoms with Gasteiger partial charge in [0, 0.05) is 26.2 Å². The van der Waals surface area contributed by atoms with E-state index in [0.29, 0.717) is 22.0 Å². The van der Waals surface area contributed by atoms with Gasteiger partial charge in [-0.05, 0) is 60.3 Å². The molecule has 0 spiro atoms. The summed E-state index contributed by atoms with van der Waals surface area (Å²) in [6.45, 7) is 3.62. The molecule has 2 aromatic carbocycles. The summed E-state index contributed by atoms with van der Waals surface area (Å²) in [6.07, 6.45) is -2.61. The molecule has 0 bridgehead atoms. The lowest BCUT2D eigenvalue weighted by molar-refractivity contribution is -0.137. The molecule has 0 aliphatic carbocycles. The number of carbonyl (C=O) groups excluding carboxylic acids is 1. The summed E-state index contributed by atoms with van der Waals surface area (Å²) in [5.74, 6) is 0.641. The number of piperazine rings is 1. The molecule has 0 aromatic heterocycles. The molecule has 1 amide bonds. The Hall–Kier alpha value is -2.98. The first kappa shape index (κ1) is 24.2. The number of hydrogen-bond acceptors (Lipinski definition) is 6. The van der Waals surface area contributed by atoms with Gasteiger partial charge in [-0.25, -0.2) is 0 Å². The summed E-state index contributed by atoms with van der Waals surface area (Å²) in [5, 5.41) is 0.729. The summed E-state index contributed by atoms with van der Waals surface area (Å²) in [5.41, 5.74) is 0.650. The van der Waals surface area contributed by atoms with Crippen LogP contribution in [0.4, 0.5) is 13.2 Å². The molecule has 1 saturated heterocycles. The third-order valence-electron chi connectivity index (χ3n) is 5.54. The first-order valence-electron chi connectivity index (χ1n) is 10.7. The maximum absolute atomic E-state index is 12.7. The van der Waals surface area contributed by atoms with E-state index in [4.69, 9.17) is 9.47 Å². The number of amidine groups is 1. The maximum Gasteiger partial charge on any atom is 0.416 e. The predicted octanol–water partition coefficient (Wildman–Crippen LogP) is 4.51. The lowest BCUT2D eigenvalue weighted by atomic mass is 10.1. The van der Waals surface area contributed by atoms with Crippen LogP contribution in [0, 0.1) is 0 Å². The van der Waals surface area contributed by atoms with Gasteiger partial charge in [-0.1, -0.05) is 18.2 Å². The lowest BCUT2D eigenvalue weighted by Crippen LogP contribution is -2.46. The quantitative estimate of drug-likeness (QED) is 0.574. The minimum atomic E-state index is -4.37. The smallest absolute Gasteiger partial charge is 0.416 e. The zero-order valence-corrected chi connectivity index (χ0v) is 19.6. The molecule has 2 heterocycles. The van der Waals surface area contributed by atoms with Crippen LogP contribution in [0.1, 0.15) is 16.7 Å². The van der Waals surface area contributed by atoms with Gasteiger partial charge < -0.3 is 19.3 Å². The zero-order valence-electron chi connectivity index (χ0n) is 18.8. The van der Waals surface area contributed by atoms with Gasteiger partial charge in [-0.15, -0.1) is 0 Å². The summed E-state index contributed by atoms with van der Waals surface area (Å²) in [4.78, 5) is 21.5. The van der Waals surface area contributed by atoms with Crippen molar-refractivity contribution in [3.63, 3.8) is 0 Å². The van der Waals surface area contributed by atoms with E-state index in [9.17, 15) is 18.0 Å². The van der Waals surface area contributed by atoms with Crippen molar-refractivity contribution in [2.75, 3.05) is 40.3 Å². The molecule has 1 fully saturated rings. The fourth-order valence-corrected chi connectivity index (χ4v) is 4.49. The Bertz CT molecular complexity index is 1110. The average molecular weight is 492 g/mol. The highest BCUT2D eigenvalue weighted by Gasteiger charge is 2.30. The van der Waals surface area contributed by atoms with Crippen LogP contribution in [-0.4, -0.2) is 61.2 Å². The van der Waals surface area contributed by atoms with Crippen LogP contribution in [0.2, 0.25) is 0 Å². The standard InChI is InChI=1S/C24H24F3N3O3S/c1-29-9-11-30(12-10-29)23-28-22(31)21(34-23)14-17-5-8-19(20(13-17)32-2)33-15-16-3-6-18(7-4-16)24(25,26)27/h3-8,13-14H,9-12,15H2,1-2H3/b21-14+. The molecule has 6 nitrogen and oxygen atoms in total. The minimum absolute atomic E-state index is 0.0888. The van der Waals surface area contributed by atoms with Crippen molar-refractivity contribution >= 4 is 28.9 Å². The normalized spacial score (nSPS) is 18.4. The van der Waals surface area contributed by atoms with Crippen molar-refractivity contribution in [3.05, 3.63) is 64.1 Å². The van der Waals surface area contributed by atoms with Crippen LogP contribution in [-0.2, 0) is 17.6 Å². The van der Waals surface area contributed by atoms with E-state index < -0.39 is 11.7 Å². The monoisotopic (exact) mass is 491 g/mol. The van der Waals surface area contributed by atoms with Crippen LogP contribution in [0.15, 0.2) is 52.4 Å². The third kappa shape index (κ3) is 5.74. The number of rotatable bonds is 5. The molecule has 0 saturated carbocycles. The summed E-state index contributed by atoms with van der Waals surface area (Å²) in [6, 6.07) is 10.1. The molecule has 0 N–H and O–H groups in total. The van der Waals surface area contributed by atoms with Gasteiger partial charge in [0.1, 0.15) is 6.61 Å². The highest BCUT2D eigenvalue weighted by Crippen LogP contribution is 2.34. The first-order chi connectivity index (χ1) is 16.2. The Kier molecular flexibility index (Phi) is 7.18. The van der Waals surface area contributed by atoms with Crippen molar-refractivity contribution in [1.82, 2.24) is 9.80 Å². The number of likely N-dealkylation sites (N-methyl/N-ethyl adjacent to an activating group) is 1. The number of amides is 1.